The normalized spacial score (nSPS) is 20.6. The van der Waals surface area contributed by atoms with E-state index in [1.165, 1.54) is 49.5 Å². The molecular weight excluding hydrogens is 443 g/mol. The fourth-order valence-corrected chi connectivity index (χ4v) is 4.32. The topological polar surface area (TPSA) is 88.5 Å². The van der Waals surface area contributed by atoms with Gasteiger partial charge in [-0.15, -0.1) is 0 Å². The summed E-state index contributed by atoms with van der Waals surface area (Å²) >= 11 is 0. The van der Waals surface area contributed by atoms with Crippen molar-refractivity contribution >= 4 is 17.4 Å². The highest BCUT2D eigenvalue weighted by atomic mass is 19.1. The summed E-state index contributed by atoms with van der Waals surface area (Å²) < 4.78 is 29.6. The Kier molecular flexibility index (Phi) is 7.14. The minimum atomic E-state index is -0.852. The van der Waals surface area contributed by atoms with Crippen molar-refractivity contribution in [3.63, 3.8) is 0 Å². The van der Waals surface area contributed by atoms with Gasteiger partial charge in [-0.25, -0.2) is 4.39 Å². The van der Waals surface area contributed by atoms with Crippen LogP contribution in [0.25, 0.3) is 5.76 Å². The molecule has 2 fully saturated rings. The van der Waals surface area contributed by atoms with Crippen LogP contribution in [0, 0.1) is 5.82 Å². The molecule has 4 rings (SSSR count). The molecule has 180 valence electrons. The van der Waals surface area contributed by atoms with Crippen LogP contribution in [-0.2, 0) is 14.3 Å². The van der Waals surface area contributed by atoms with E-state index in [1.807, 2.05) is 0 Å². The smallest absolute Gasteiger partial charge is 0.295 e. The number of ether oxygens (including phenoxy) is 3. The predicted octanol–water partition coefficient (Wildman–Crippen LogP) is 2.60. The van der Waals surface area contributed by atoms with Gasteiger partial charge in [-0.3, -0.25) is 14.5 Å². The summed E-state index contributed by atoms with van der Waals surface area (Å²) in [7, 11) is 2.96. The number of halogens is 1. The van der Waals surface area contributed by atoms with Crippen LogP contribution in [0.15, 0.2) is 48.0 Å². The lowest BCUT2D eigenvalue weighted by Gasteiger charge is -2.31. The SMILES string of the molecule is COc1ccc(/C(O)=C2\C(=O)C(=O)N(CCN3CCOCC3)[C@@H]2c2ccc(F)cc2)cc1OC. The van der Waals surface area contributed by atoms with E-state index in [-0.39, 0.29) is 17.9 Å². The lowest BCUT2D eigenvalue weighted by molar-refractivity contribution is -0.140. The number of benzene rings is 2. The lowest BCUT2D eigenvalue weighted by Crippen LogP contribution is -2.42. The van der Waals surface area contributed by atoms with E-state index in [1.54, 1.807) is 12.1 Å². The summed E-state index contributed by atoms with van der Waals surface area (Å²) in [4.78, 5) is 29.8. The van der Waals surface area contributed by atoms with Crippen LogP contribution in [0.3, 0.4) is 0 Å². The summed E-state index contributed by atoms with van der Waals surface area (Å²) in [5.41, 5.74) is 0.784. The molecule has 1 N–H and O–H groups in total. The van der Waals surface area contributed by atoms with Crippen molar-refractivity contribution in [1.82, 2.24) is 9.80 Å². The Hall–Kier alpha value is -3.43. The molecule has 0 spiro atoms. The molecule has 9 heteroatoms. The van der Waals surface area contributed by atoms with Gasteiger partial charge in [-0.05, 0) is 35.9 Å². The summed E-state index contributed by atoms with van der Waals surface area (Å²) in [5.74, 6) is -1.43. The molecule has 2 aliphatic rings. The van der Waals surface area contributed by atoms with Crippen LogP contribution in [0.1, 0.15) is 17.2 Å². The molecule has 0 aliphatic carbocycles. The third-order valence-electron chi connectivity index (χ3n) is 6.14. The highest BCUT2D eigenvalue weighted by molar-refractivity contribution is 6.46. The molecule has 2 aromatic carbocycles. The van der Waals surface area contributed by atoms with E-state index >= 15 is 0 Å². The van der Waals surface area contributed by atoms with Crippen LogP contribution >= 0.6 is 0 Å². The first kappa shape index (κ1) is 23.7. The molecule has 0 radical (unpaired) electrons. The third kappa shape index (κ3) is 4.62. The van der Waals surface area contributed by atoms with Gasteiger partial charge in [0, 0.05) is 31.7 Å². The van der Waals surface area contributed by atoms with Crippen LogP contribution in [0.4, 0.5) is 4.39 Å². The summed E-state index contributed by atoms with van der Waals surface area (Å²) in [6.45, 7) is 3.51. The first-order valence-corrected chi connectivity index (χ1v) is 11.0. The molecule has 2 saturated heterocycles. The number of hydrogen-bond donors (Lipinski definition) is 1. The van der Waals surface area contributed by atoms with E-state index < -0.39 is 23.5 Å². The number of Topliss-reactive ketones (excluding diaryl/α,β-unsaturated/α-hetero) is 1. The Balaban J connectivity index is 1.75. The number of rotatable bonds is 7. The molecule has 0 saturated carbocycles. The number of carbonyl (C=O) groups excluding carboxylic acids is 2. The molecule has 0 bridgehead atoms. The van der Waals surface area contributed by atoms with E-state index in [2.05, 4.69) is 4.90 Å². The lowest BCUT2D eigenvalue weighted by atomic mass is 9.95. The largest absolute Gasteiger partial charge is 0.507 e. The number of aliphatic hydroxyl groups excluding tert-OH is 1. The fraction of sp³-hybridized carbons (Fsp3) is 0.360. The zero-order valence-electron chi connectivity index (χ0n) is 19.1. The minimum Gasteiger partial charge on any atom is -0.507 e. The fourth-order valence-electron chi connectivity index (χ4n) is 4.32. The second kappa shape index (κ2) is 10.2. The zero-order valence-corrected chi connectivity index (χ0v) is 19.1. The first-order valence-electron chi connectivity index (χ1n) is 11.0. The van der Waals surface area contributed by atoms with Gasteiger partial charge < -0.3 is 24.2 Å². The molecule has 2 heterocycles. The first-order chi connectivity index (χ1) is 16.4. The van der Waals surface area contributed by atoms with E-state index in [0.717, 1.165) is 13.1 Å². The molecule has 0 unspecified atom stereocenters. The molecule has 8 nitrogen and oxygen atoms in total. The van der Waals surface area contributed by atoms with Gasteiger partial charge in [-0.2, -0.15) is 0 Å². The number of nitrogens with zero attached hydrogens (tertiary/aromatic N) is 2. The van der Waals surface area contributed by atoms with E-state index in [9.17, 15) is 19.1 Å². The van der Waals surface area contributed by atoms with Crippen molar-refractivity contribution < 1.29 is 33.3 Å². The van der Waals surface area contributed by atoms with Gasteiger partial charge >= 0.3 is 0 Å². The second-order valence-corrected chi connectivity index (χ2v) is 8.07. The Morgan fingerprint density at radius 2 is 1.71 bits per heavy atom. The quantitative estimate of drug-likeness (QED) is 0.378. The average Bonchev–Trinajstić information content (AvgIpc) is 3.12. The maximum atomic E-state index is 13.6. The molecular formula is C25H27FN2O6. The minimum absolute atomic E-state index is 0.0502. The highest BCUT2D eigenvalue weighted by Gasteiger charge is 2.46. The monoisotopic (exact) mass is 470 g/mol. The van der Waals surface area contributed by atoms with Crippen molar-refractivity contribution in [2.75, 3.05) is 53.6 Å². The van der Waals surface area contributed by atoms with Crippen LogP contribution < -0.4 is 9.47 Å². The molecule has 2 aromatic rings. The third-order valence-corrected chi connectivity index (χ3v) is 6.14. The van der Waals surface area contributed by atoms with Gasteiger partial charge in [0.25, 0.3) is 11.7 Å². The number of morpholine rings is 1. The summed E-state index contributed by atoms with van der Waals surface area (Å²) in [6, 6.07) is 9.47. The van der Waals surface area contributed by atoms with Crippen LogP contribution in [-0.4, -0.2) is 80.2 Å². The molecule has 1 amide bonds. The molecule has 34 heavy (non-hydrogen) atoms. The molecule has 2 aliphatic heterocycles. The van der Waals surface area contributed by atoms with Crippen molar-refractivity contribution in [1.29, 1.82) is 0 Å². The Morgan fingerprint density at radius 3 is 2.35 bits per heavy atom. The van der Waals surface area contributed by atoms with Crippen molar-refractivity contribution in [3.05, 3.63) is 65.0 Å². The van der Waals surface area contributed by atoms with Crippen LogP contribution in [0.5, 0.6) is 11.5 Å². The molecule has 0 aromatic heterocycles. The van der Waals surface area contributed by atoms with Crippen molar-refractivity contribution in [3.8, 4) is 11.5 Å². The van der Waals surface area contributed by atoms with Crippen molar-refractivity contribution in [2.45, 2.75) is 6.04 Å². The zero-order chi connectivity index (χ0) is 24.2. The highest BCUT2D eigenvalue weighted by Crippen LogP contribution is 2.40. The second-order valence-electron chi connectivity index (χ2n) is 8.07. The number of ketones is 1. The van der Waals surface area contributed by atoms with Gasteiger partial charge in [0.2, 0.25) is 0 Å². The number of methoxy groups -OCH3 is 2. The summed E-state index contributed by atoms with van der Waals surface area (Å²) in [5, 5.41) is 11.2. The maximum Gasteiger partial charge on any atom is 0.295 e. The van der Waals surface area contributed by atoms with Crippen LogP contribution in [0.2, 0.25) is 0 Å². The van der Waals surface area contributed by atoms with E-state index in [4.69, 9.17) is 14.2 Å². The number of amides is 1. The number of hydrogen-bond acceptors (Lipinski definition) is 7. The number of carbonyl (C=O) groups is 2. The average molecular weight is 470 g/mol. The van der Waals surface area contributed by atoms with Gasteiger partial charge in [0.1, 0.15) is 11.6 Å². The Morgan fingerprint density at radius 1 is 1.03 bits per heavy atom. The van der Waals surface area contributed by atoms with Gasteiger partial charge in [0.15, 0.2) is 11.5 Å². The Labute approximate surface area is 197 Å². The van der Waals surface area contributed by atoms with Gasteiger partial charge in [0.05, 0.1) is 39.0 Å². The predicted molar refractivity (Wildman–Crippen MR) is 122 cm³/mol. The number of likely N-dealkylation sites (tertiary alicyclic amines) is 1. The van der Waals surface area contributed by atoms with Crippen molar-refractivity contribution in [2.24, 2.45) is 0 Å². The molecule has 1 atom stereocenters. The Bertz CT molecular complexity index is 1100. The maximum absolute atomic E-state index is 13.6. The standard InChI is InChI=1S/C25H27FN2O6/c1-32-19-8-5-17(15-20(19)33-2)23(29)21-22(16-3-6-18(26)7-4-16)28(25(31)24(21)30)10-9-27-11-13-34-14-12-27/h3-8,15,22,29H,9-14H2,1-2H3/b23-21+/t22-/m1/s1. The summed E-state index contributed by atoms with van der Waals surface area (Å²) in [6.07, 6.45) is 0. The number of aliphatic hydroxyl groups is 1. The van der Waals surface area contributed by atoms with Gasteiger partial charge in [-0.1, -0.05) is 12.1 Å². The van der Waals surface area contributed by atoms with E-state index in [0.29, 0.717) is 42.4 Å².